The maximum Gasteiger partial charge on any atom is 0.191 e. The molecule has 7 nitrogen and oxygen atoms in total. The monoisotopic (exact) mass is 416 g/mol. The fraction of sp³-hybridized carbons (Fsp3) is 0.609. The molecule has 0 amide bonds. The Morgan fingerprint density at radius 2 is 1.93 bits per heavy atom. The van der Waals surface area contributed by atoms with Crippen molar-refractivity contribution in [2.75, 3.05) is 33.9 Å². The summed E-state index contributed by atoms with van der Waals surface area (Å²) in [5, 5.41) is 18.4. The van der Waals surface area contributed by atoms with Crippen LogP contribution < -0.4 is 20.1 Å². The highest BCUT2D eigenvalue weighted by Crippen LogP contribution is 2.32. The number of aromatic nitrogens is 1. The number of aromatic amines is 1. The third-order valence-corrected chi connectivity index (χ3v) is 5.76. The molecule has 2 aromatic rings. The number of guanidine groups is 1. The fourth-order valence-corrected chi connectivity index (χ4v) is 4.08. The van der Waals surface area contributed by atoms with E-state index in [9.17, 15) is 5.11 Å². The number of hydrogen-bond acceptors (Lipinski definition) is 4. The van der Waals surface area contributed by atoms with Gasteiger partial charge < -0.3 is 30.2 Å². The number of nitrogens with zero attached hydrogens (tertiary/aromatic N) is 1. The third kappa shape index (κ3) is 5.81. The quantitative estimate of drug-likeness (QED) is 0.286. The summed E-state index contributed by atoms with van der Waals surface area (Å²) in [6, 6.07) is 6.04. The second-order valence-electron chi connectivity index (χ2n) is 8.10. The Hall–Kier alpha value is -2.41. The maximum atomic E-state index is 10.7. The van der Waals surface area contributed by atoms with Crippen LogP contribution in [0.4, 0.5) is 0 Å². The molecule has 0 saturated heterocycles. The minimum Gasteiger partial charge on any atom is -0.497 e. The van der Waals surface area contributed by atoms with Gasteiger partial charge in [-0.05, 0) is 38.7 Å². The van der Waals surface area contributed by atoms with Gasteiger partial charge in [-0.25, -0.2) is 0 Å². The van der Waals surface area contributed by atoms with E-state index in [2.05, 4.69) is 33.6 Å². The summed E-state index contributed by atoms with van der Waals surface area (Å²) >= 11 is 0. The predicted octanol–water partition coefficient (Wildman–Crippen LogP) is 3.37. The van der Waals surface area contributed by atoms with Crippen LogP contribution in [-0.2, 0) is 6.42 Å². The molecule has 30 heavy (non-hydrogen) atoms. The van der Waals surface area contributed by atoms with Gasteiger partial charge in [-0.3, -0.25) is 4.99 Å². The number of aryl methyl sites for hydroxylation is 1. The van der Waals surface area contributed by atoms with Crippen molar-refractivity contribution < 1.29 is 14.6 Å². The normalized spacial score (nSPS) is 16.5. The zero-order valence-corrected chi connectivity index (χ0v) is 18.5. The average molecular weight is 417 g/mol. The van der Waals surface area contributed by atoms with E-state index in [1.165, 1.54) is 6.42 Å². The number of ether oxygens (including phenoxy) is 2. The number of hydrogen-bond donors (Lipinski definition) is 4. The number of methoxy groups -OCH3 is 2. The van der Waals surface area contributed by atoms with Crippen molar-refractivity contribution in [2.24, 2.45) is 4.99 Å². The van der Waals surface area contributed by atoms with Gasteiger partial charge in [-0.1, -0.05) is 19.3 Å². The molecule has 4 N–H and O–H groups in total. The number of H-pyrrole nitrogens is 1. The summed E-state index contributed by atoms with van der Waals surface area (Å²) in [6.45, 7) is 4.12. The number of fused-ring (bicyclic) bond motifs is 1. The van der Waals surface area contributed by atoms with Gasteiger partial charge in [0.05, 0.1) is 31.9 Å². The highest BCUT2D eigenvalue weighted by atomic mass is 16.5. The highest BCUT2D eigenvalue weighted by Gasteiger charge is 2.28. The first-order valence-electron chi connectivity index (χ1n) is 11.0. The number of aliphatic imine (C=N–C) groups is 1. The molecule has 0 aliphatic heterocycles. The highest BCUT2D eigenvalue weighted by molar-refractivity contribution is 5.88. The van der Waals surface area contributed by atoms with E-state index in [4.69, 9.17) is 9.47 Å². The summed E-state index contributed by atoms with van der Waals surface area (Å²) in [4.78, 5) is 8.10. The van der Waals surface area contributed by atoms with E-state index in [0.29, 0.717) is 6.54 Å². The first kappa shape index (κ1) is 22.3. The molecule has 0 spiro atoms. The van der Waals surface area contributed by atoms with Crippen LogP contribution in [0.5, 0.6) is 11.5 Å². The smallest absolute Gasteiger partial charge is 0.191 e. The molecule has 3 rings (SSSR count). The van der Waals surface area contributed by atoms with Crippen LogP contribution in [0.2, 0.25) is 0 Å². The van der Waals surface area contributed by atoms with Crippen LogP contribution in [0.3, 0.4) is 0 Å². The molecule has 0 bridgehead atoms. The Morgan fingerprint density at radius 1 is 1.13 bits per heavy atom. The van der Waals surface area contributed by atoms with E-state index >= 15 is 0 Å². The number of nitrogens with one attached hydrogen (secondary N) is 3. The van der Waals surface area contributed by atoms with Crippen molar-refractivity contribution in [3.05, 3.63) is 23.9 Å². The minimum absolute atomic E-state index is 0.464. The van der Waals surface area contributed by atoms with Crippen LogP contribution in [0.15, 0.2) is 23.2 Å². The van der Waals surface area contributed by atoms with E-state index < -0.39 is 5.60 Å². The standard InChI is InChI=1S/C23H36N4O3/c1-4-24-22(26-16-23(28)10-6-5-7-11-23)25-12-8-9-17-13-19-20(27-17)14-18(29-2)15-21(19)30-3/h13-15,27-28H,4-12,16H2,1-3H3,(H2,24,25,26). The predicted molar refractivity (Wildman–Crippen MR) is 122 cm³/mol. The van der Waals surface area contributed by atoms with Gasteiger partial charge >= 0.3 is 0 Å². The molecular formula is C23H36N4O3. The molecule has 166 valence electrons. The SMILES string of the molecule is CCNC(=NCC1(O)CCCCC1)NCCCc1cc2c(OC)cc(OC)cc2[nH]1. The molecule has 1 fully saturated rings. The molecule has 7 heteroatoms. The molecule has 0 atom stereocenters. The number of aliphatic hydroxyl groups is 1. The Balaban J connectivity index is 1.53. The Labute approximate surface area is 179 Å². The van der Waals surface area contributed by atoms with Crippen LogP contribution >= 0.6 is 0 Å². The zero-order valence-electron chi connectivity index (χ0n) is 18.5. The van der Waals surface area contributed by atoms with Crippen LogP contribution in [0.1, 0.15) is 51.1 Å². The van der Waals surface area contributed by atoms with Crippen LogP contribution in [-0.4, -0.2) is 55.5 Å². The van der Waals surface area contributed by atoms with Gasteiger partial charge in [0, 0.05) is 36.3 Å². The second-order valence-corrected chi connectivity index (χ2v) is 8.10. The first-order valence-corrected chi connectivity index (χ1v) is 11.0. The van der Waals surface area contributed by atoms with Gasteiger partial charge in [0.15, 0.2) is 5.96 Å². The summed E-state index contributed by atoms with van der Waals surface area (Å²) in [7, 11) is 3.34. The molecule has 1 aliphatic rings. The molecule has 1 aromatic heterocycles. The average Bonchev–Trinajstić information content (AvgIpc) is 3.17. The summed E-state index contributed by atoms with van der Waals surface area (Å²) in [5.41, 5.74) is 1.55. The van der Waals surface area contributed by atoms with Crippen molar-refractivity contribution in [3.8, 4) is 11.5 Å². The maximum absolute atomic E-state index is 10.7. The molecule has 0 unspecified atom stereocenters. The van der Waals surface area contributed by atoms with Gasteiger partial charge in [0.1, 0.15) is 11.5 Å². The zero-order chi connectivity index (χ0) is 21.4. The third-order valence-electron chi connectivity index (χ3n) is 5.76. The van der Waals surface area contributed by atoms with E-state index in [0.717, 1.165) is 85.7 Å². The molecule has 1 aromatic carbocycles. The van der Waals surface area contributed by atoms with E-state index in [1.54, 1.807) is 14.2 Å². The van der Waals surface area contributed by atoms with Gasteiger partial charge in [-0.15, -0.1) is 0 Å². The van der Waals surface area contributed by atoms with Crippen molar-refractivity contribution in [2.45, 2.75) is 57.5 Å². The summed E-state index contributed by atoms with van der Waals surface area (Å²) in [6.07, 6.45) is 6.98. The van der Waals surface area contributed by atoms with Crippen molar-refractivity contribution in [3.63, 3.8) is 0 Å². The summed E-state index contributed by atoms with van der Waals surface area (Å²) in [5.74, 6) is 2.37. The Kier molecular flexibility index (Phi) is 7.85. The lowest BCUT2D eigenvalue weighted by molar-refractivity contribution is 0.0131. The second kappa shape index (κ2) is 10.6. The molecule has 0 radical (unpaired) electrons. The van der Waals surface area contributed by atoms with Crippen molar-refractivity contribution in [1.29, 1.82) is 0 Å². The summed E-state index contributed by atoms with van der Waals surface area (Å²) < 4.78 is 10.8. The molecular weight excluding hydrogens is 380 g/mol. The minimum atomic E-state index is -0.634. The number of rotatable bonds is 9. The fourth-order valence-electron chi connectivity index (χ4n) is 4.08. The van der Waals surface area contributed by atoms with Crippen molar-refractivity contribution >= 4 is 16.9 Å². The topological polar surface area (TPSA) is 90.9 Å². The molecule has 1 saturated carbocycles. The van der Waals surface area contributed by atoms with Crippen LogP contribution in [0.25, 0.3) is 10.9 Å². The number of benzene rings is 1. The van der Waals surface area contributed by atoms with Gasteiger partial charge in [0.25, 0.3) is 0 Å². The van der Waals surface area contributed by atoms with Gasteiger partial charge in [0.2, 0.25) is 0 Å². The molecule has 1 aliphatic carbocycles. The largest absolute Gasteiger partial charge is 0.497 e. The molecule has 1 heterocycles. The first-order chi connectivity index (χ1) is 14.6. The van der Waals surface area contributed by atoms with E-state index in [1.807, 2.05) is 12.1 Å². The Morgan fingerprint density at radius 3 is 2.63 bits per heavy atom. The lowest BCUT2D eigenvalue weighted by Crippen LogP contribution is -2.41. The van der Waals surface area contributed by atoms with E-state index in [-0.39, 0.29) is 0 Å². The Bertz CT molecular complexity index is 840. The van der Waals surface area contributed by atoms with Crippen molar-refractivity contribution in [1.82, 2.24) is 15.6 Å². The van der Waals surface area contributed by atoms with Crippen LogP contribution in [0, 0.1) is 0 Å². The lowest BCUT2D eigenvalue weighted by Gasteiger charge is -2.30. The van der Waals surface area contributed by atoms with Gasteiger partial charge in [-0.2, -0.15) is 0 Å². The lowest BCUT2D eigenvalue weighted by atomic mass is 9.85.